The summed E-state index contributed by atoms with van der Waals surface area (Å²) in [6.45, 7) is 6.29. The van der Waals surface area contributed by atoms with E-state index in [4.69, 9.17) is 19.9 Å². The first-order valence-electron chi connectivity index (χ1n) is 19.5. The lowest BCUT2D eigenvalue weighted by atomic mass is 9.84. The van der Waals surface area contributed by atoms with Crippen LogP contribution in [0.1, 0.15) is 71.4 Å². The molecule has 58 heavy (non-hydrogen) atoms. The lowest BCUT2D eigenvalue weighted by Crippen LogP contribution is -2.47. The van der Waals surface area contributed by atoms with E-state index in [2.05, 4.69) is 88.7 Å². The number of ether oxygens (including phenoxy) is 3. The number of nitrogens with one attached hydrogen (secondary N) is 3. The molecule has 1 heterocycles. The Balaban J connectivity index is 1.25. The predicted octanol–water partition coefficient (Wildman–Crippen LogP) is 7.55. The molecule has 1 aliphatic heterocycles. The van der Waals surface area contributed by atoms with Crippen LogP contribution in [0.15, 0.2) is 133 Å². The highest BCUT2D eigenvalue weighted by Crippen LogP contribution is 2.48. The highest BCUT2D eigenvalue weighted by Gasteiger charge is 2.38. The first kappa shape index (κ1) is 41.8. The van der Waals surface area contributed by atoms with E-state index in [9.17, 15) is 14.4 Å². The Labute approximate surface area is 345 Å². The number of amides is 3. The van der Waals surface area contributed by atoms with Crippen LogP contribution in [0.25, 0.3) is 0 Å². The Morgan fingerprint density at radius 3 is 1.91 bits per heavy atom. The molecule has 0 spiro atoms. The Hall–Kier alpha value is -5.78. The van der Waals surface area contributed by atoms with Gasteiger partial charge in [-0.3, -0.25) is 9.59 Å². The lowest BCUT2D eigenvalue weighted by molar-refractivity contribution is -0.119. The van der Waals surface area contributed by atoms with Gasteiger partial charge in [0.05, 0.1) is 30.1 Å². The van der Waals surface area contributed by atoms with Crippen LogP contribution >= 0.6 is 11.8 Å². The van der Waals surface area contributed by atoms with E-state index in [1.54, 1.807) is 43.1 Å². The maximum atomic E-state index is 13.8. The molecular formula is C47H52N4O6S. The third kappa shape index (κ3) is 10.4. The van der Waals surface area contributed by atoms with Gasteiger partial charge in [0, 0.05) is 36.7 Å². The molecule has 11 heteroatoms. The first-order chi connectivity index (χ1) is 28.0. The van der Waals surface area contributed by atoms with Crippen molar-refractivity contribution in [2.75, 3.05) is 26.0 Å². The highest BCUT2D eigenvalue weighted by molar-refractivity contribution is 8.00. The molecule has 0 saturated carbocycles. The number of hydrogen-bond acceptors (Lipinski definition) is 8. The van der Waals surface area contributed by atoms with Gasteiger partial charge >= 0.3 is 6.09 Å². The molecule has 0 bridgehead atoms. The minimum atomic E-state index is -0.943. The molecule has 3 amide bonds. The van der Waals surface area contributed by atoms with Crippen molar-refractivity contribution in [3.63, 3.8) is 0 Å². The van der Waals surface area contributed by atoms with Crippen LogP contribution in [-0.4, -0.2) is 61.6 Å². The van der Waals surface area contributed by atoms with Gasteiger partial charge in [0.1, 0.15) is 23.1 Å². The first-order valence-corrected chi connectivity index (χ1v) is 20.5. The maximum absolute atomic E-state index is 13.8. The summed E-state index contributed by atoms with van der Waals surface area (Å²) in [5.41, 5.74) is 10.4. The Morgan fingerprint density at radius 1 is 0.793 bits per heavy atom. The van der Waals surface area contributed by atoms with Gasteiger partial charge in [-0.05, 0) is 61.2 Å². The average Bonchev–Trinajstić information content (AvgIpc) is 3.23. The van der Waals surface area contributed by atoms with Gasteiger partial charge in [-0.2, -0.15) is 0 Å². The van der Waals surface area contributed by atoms with Crippen molar-refractivity contribution < 1.29 is 28.6 Å². The van der Waals surface area contributed by atoms with Gasteiger partial charge in [0.15, 0.2) is 0 Å². The van der Waals surface area contributed by atoms with E-state index < -0.39 is 34.3 Å². The van der Waals surface area contributed by atoms with Crippen LogP contribution in [0.4, 0.5) is 4.79 Å². The number of para-hydroxylation sites is 1. The van der Waals surface area contributed by atoms with Crippen molar-refractivity contribution in [1.29, 1.82) is 0 Å². The van der Waals surface area contributed by atoms with E-state index in [0.29, 0.717) is 42.4 Å². The number of hydrogen-bond donors (Lipinski definition) is 4. The summed E-state index contributed by atoms with van der Waals surface area (Å²) in [5.74, 6) is 0.539. The van der Waals surface area contributed by atoms with Crippen molar-refractivity contribution in [2.45, 2.75) is 62.1 Å². The Bertz CT molecular complexity index is 2030. The molecule has 0 fully saturated rings. The number of methoxy groups -OCH3 is 1. The van der Waals surface area contributed by atoms with Crippen LogP contribution in [0.3, 0.4) is 0 Å². The van der Waals surface area contributed by atoms with Gasteiger partial charge in [-0.15, -0.1) is 11.8 Å². The van der Waals surface area contributed by atoms with Crippen molar-refractivity contribution in [3.05, 3.63) is 167 Å². The van der Waals surface area contributed by atoms with Gasteiger partial charge in [-0.1, -0.05) is 115 Å². The number of carbonyl (C=O) groups excluding carboxylic acids is 3. The predicted molar refractivity (Wildman–Crippen MR) is 229 cm³/mol. The smallest absolute Gasteiger partial charge is 0.407 e. The number of primary amides is 1. The number of carbonyl (C=O) groups is 3. The van der Waals surface area contributed by atoms with Gasteiger partial charge in [0.25, 0.3) is 5.91 Å². The molecule has 5 aromatic rings. The Kier molecular flexibility index (Phi) is 13.8. The van der Waals surface area contributed by atoms with E-state index in [1.165, 1.54) is 0 Å². The monoisotopic (exact) mass is 800 g/mol. The van der Waals surface area contributed by atoms with Crippen LogP contribution in [-0.2, 0) is 20.7 Å². The van der Waals surface area contributed by atoms with E-state index in [-0.39, 0.29) is 18.5 Å². The fourth-order valence-corrected chi connectivity index (χ4v) is 8.74. The minimum absolute atomic E-state index is 0.196. The SMILES string of the molecule is COc1ccc(C[C@H](NC(=O)c2cccc3c2OCCC3NC[C@H](CSC(c2ccccc2)(c2ccccc2)c2ccccc2)NC(=O)OC(C)(C)C)C(N)=O)cc1. The standard InChI is InChI=1S/C47H52N4O6S/c1-46(2,3)57-45(54)50-36(31-58-47(33-15-8-5-9-16-33,34-17-10-6-11-18-34)35-19-12-7-13-20-35)30-49-40-27-28-56-42-38(40)21-14-22-39(42)44(53)51-41(43(48)52)29-32-23-25-37(55-4)26-24-32/h5-26,36,40-41,49H,27-31H2,1-4H3,(H2,48,52)(H,50,54)(H,51,53)/t36-,40?,41+/m1/s1. The molecule has 1 aliphatic rings. The second kappa shape index (κ2) is 19.1. The quantitative estimate of drug-likeness (QED) is 0.0751. The lowest BCUT2D eigenvalue weighted by Gasteiger charge is -2.37. The normalized spacial score (nSPS) is 14.9. The fourth-order valence-electron chi connectivity index (χ4n) is 7.18. The summed E-state index contributed by atoms with van der Waals surface area (Å²) in [4.78, 5) is 39.6. The third-order valence-corrected chi connectivity index (χ3v) is 11.6. The molecule has 6 rings (SSSR count). The molecular weight excluding hydrogens is 749 g/mol. The van der Waals surface area contributed by atoms with E-state index >= 15 is 0 Å². The zero-order valence-corrected chi connectivity index (χ0v) is 34.2. The van der Waals surface area contributed by atoms with Crippen LogP contribution < -0.4 is 31.2 Å². The number of thioether (sulfide) groups is 1. The van der Waals surface area contributed by atoms with Crippen molar-refractivity contribution in [3.8, 4) is 11.5 Å². The van der Waals surface area contributed by atoms with Crippen LogP contribution in [0, 0.1) is 0 Å². The summed E-state index contributed by atoms with van der Waals surface area (Å²) < 4.78 is 16.5. The molecule has 3 atom stereocenters. The Morgan fingerprint density at radius 2 is 1.38 bits per heavy atom. The number of rotatable bonds is 16. The summed E-state index contributed by atoms with van der Waals surface area (Å²) in [6, 6.07) is 42.5. The number of alkyl carbamates (subject to hydrolysis) is 1. The van der Waals surface area contributed by atoms with Crippen molar-refractivity contribution >= 4 is 29.7 Å². The topological polar surface area (TPSA) is 141 Å². The second-order valence-corrected chi connectivity index (χ2v) is 16.5. The van der Waals surface area contributed by atoms with Gasteiger partial charge in [-0.25, -0.2) is 4.79 Å². The molecule has 0 radical (unpaired) electrons. The molecule has 0 saturated heterocycles. The highest BCUT2D eigenvalue weighted by atomic mass is 32.2. The minimum Gasteiger partial charge on any atom is -0.497 e. The fraction of sp³-hybridized carbons (Fsp3) is 0.298. The van der Waals surface area contributed by atoms with Crippen molar-refractivity contribution in [1.82, 2.24) is 16.0 Å². The molecule has 302 valence electrons. The van der Waals surface area contributed by atoms with E-state index in [0.717, 1.165) is 27.8 Å². The average molecular weight is 801 g/mol. The zero-order valence-electron chi connectivity index (χ0n) is 33.4. The van der Waals surface area contributed by atoms with E-state index in [1.807, 2.05) is 57.2 Å². The summed E-state index contributed by atoms with van der Waals surface area (Å²) in [7, 11) is 1.58. The third-order valence-electron chi connectivity index (χ3n) is 9.94. The van der Waals surface area contributed by atoms with Gasteiger partial charge in [0.2, 0.25) is 5.91 Å². The zero-order chi connectivity index (χ0) is 41.1. The van der Waals surface area contributed by atoms with Crippen LogP contribution in [0.2, 0.25) is 0 Å². The number of benzene rings is 5. The maximum Gasteiger partial charge on any atom is 0.407 e. The summed E-state index contributed by atoms with van der Waals surface area (Å²) in [5, 5.41) is 9.68. The summed E-state index contributed by atoms with van der Waals surface area (Å²) in [6.07, 6.45) is 0.345. The van der Waals surface area contributed by atoms with Crippen LogP contribution in [0.5, 0.6) is 11.5 Å². The molecule has 1 unspecified atom stereocenters. The molecule has 0 aliphatic carbocycles. The largest absolute Gasteiger partial charge is 0.497 e. The second-order valence-electron chi connectivity index (χ2n) is 15.2. The number of fused-ring (bicyclic) bond motifs is 1. The number of nitrogens with two attached hydrogens (primary N) is 1. The molecule has 10 nitrogen and oxygen atoms in total. The molecule has 5 N–H and O–H groups in total. The molecule has 5 aromatic carbocycles. The summed E-state index contributed by atoms with van der Waals surface area (Å²) >= 11 is 1.75. The van der Waals surface area contributed by atoms with Crippen molar-refractivity contribution in [2.24, 2.45) is 5.73 Å². The van der Waals surface area contributed by atoms with Gasteiger partial charge < -0.3 is 35.9 Å². The molecule has 0 aromatic heterocycles.